The van der Waals surface area contributed by atoms with Gasteiger partial charge in [0, 0.05) is 26.2 Å². The van der Waals surface area contributed by atoms with Gasteiger partial charge in [0.1, 0.15) is 5.82 Å². The minimum absolute atomic E-state index is 0.0167. The van der Waals surface area contributed by atoms with Crippen LogP contribution in [0.1, 0.15) is 18.1 Å². The predicted octanol–water partition coefficient (Wildman–Crippen LogP) is 1.58. The molecule has 1 saturated heterocycles. The van der Waals surface area contributed by atoms with Gasteiger partial charge in [0.2, 0.25) is 0 Å². The lowest BCUT2D eigenvalue weighted by molar-refractivity contribution is -0.0312. The van der Waals surface area contributed by atoms with Crippen molar-refractivity contribution in [3.63, 3.8) is 0 Å². The quantitative estimate of drug-likeness (QED) is 0.866. The number of halogens is 1. The van der Waals surface area contributed by atoms with Crippen LogP contribution in [0.25, 0.3) is 0 Å². The summed E-state index contributed by atoms with van der Waals surface area (Å²) in [5, 5.41) is 8.81. The van der Waals surface area contributed by atoms with E-state index in [0.717, 1.165) is 31.6 Å². The second-order valence-electron chi connectivity index (χ2n) is 4.29. The van der Waals surface area contributed by atoms with Gasteiger partial charge in [0.25, 0.3) is 0 Å². The molecule has 0 unspecified atom stereocenters. The molecule has 0 radical (unpaired) electrons. The Morgan fingerprint density at radius 3 is 2.82 bits per heavy atom. The number of hydrogen-bond acceptors (Lipinski definition) is 3. The molecule has 0 spiro atoms. The molecule has 2 rings (SSSR count). The minimum atomic E-state index is -0.221. The third-order valence-corrected chi connectivity index (χ3v) is 3.02. The van der Waals surface area contributed by atoms with E-state index in [0.29, 0.717) is 6.61 Å². The van der Waals surface area contributed by atoms with Gasteiger partial charge >= 0.3 is 0 Å². The highest BCUT2D eigenvalue weighted by molar-refractivity contribution is 5.19. The summed E-state index contributed by atoms with van der Waals surface area (Å²) in [6.45, 7) is 3.51. The van der Waals surface area contributed by atoms with E-state index in [1.165, 1.54) is 12.1 Å². The molecule has 17 heavy (non-hydrogen) atoms. The Kier molecular flexibility index (Phi) is 4.48. The Bertz CT molecular complexity index is 342. The summed E-state index contributed by atoms with van der Waals surface area (Å²) < 4.78 is 18.5. The van der Waals surface area contributed by atoms with Crippen LogP contribution in [0.5, 0.6) is 0 Å². The third kappa shape index (κ3) is 3.49. The third-order valence-electron chi connectivity index (χ3n) is 3.02. The van der Waals surface area contributed by atoms with Crippen LogP contribution < -0.4 is 0 Å². The van der Waals surface area contributed by atoms with Gasteiger partial charge in [0.05, 0.1) is 12.7 Å². The first-order chi connectivity index (χ1) is 8.29. The second-order valence-corrected chi connectivity index (χ2v) is 4.29. The van der Waals surface area contributed by atoms with Gasteiger partial charge in [-0.15, -0.1) is 0 Å². The Balaban J connectivity index is 1.94. The lowest BCUT2D eigenvalue weighted by Crippen LogP contribution is -2.39. The number of hydrogen-bond donors (Lipinski definition) is 1. The molecule has 1 N–H and O–H groups in total. The summed E-state index contributed by atoms with van der Waals surface area (Å²) in [6.07, 6.45) is 0.805. The van der Waals surface area contributed by atoms with E-state index in [4.69, 9.17) is 9.84 Å². The van der Waals surface area contributed by atoms with E-state index in [1.54, 1.807) is 12.1 Å². The van der Waals surface area contributed by atoms with Crippen LogP contribution in [0, 0.1) is 5.82 Å². The SMILES string of the molecule is OCCCN1CCO[C@H](c2ccc(F)cc2)C1. The highest BCUT2D eigenvalue weighted by Gasteiger charge is 2.21. The summed E-state index contributed by atoms with van der Waals surface area (Å²) in [5.41, 5.74) is 1.01. The molecule has 1 heterocycles. The van der Waals surface area contributed by atoms with Crippen LogP contribution in [0.3, 0.4) is 0 Å². The van der Waals surface area contributed by atoms with Crippen LogP contribution in [0.4, 0.5) is 4.39 Å². The molecular weight excluding hydrogens is 221 g/mol. The topological polar surface area (TPSA) is 32.7 Å². The Hall–Kier alpha value is -0.970. The molecule has 0 aromatic heterocycles. The standard InChI is InChI=1S/C13H18FNO2/c14-12-4-2-11(3-5-12)13-10-15(6-1-8-16)7-9-17-13/h2-5,13,16H,1,6-10H2/t13-/m0/s1. The molecule has 1 atom stereocenters. The molecule has 1 fully saturated rings. The monoisotopic (exact) mass is 239 g/mol. The largest absolute Gasteiger partial charge is 0.396 e. The summed E-state index contributed by atoms with van der Waals surface area (Å²) in [6, 6.07) is 6.47. The molecule has 0 saturated carbocycles. The van der Waals surface area contributed by atoms with E-state index in [9.17, 15) is 4.39 Å². The van der Waals surface area contributed by atoms with Crippen molar-refractivity contribution in [2.24, 2.45) is 0 Å². The zero-order valence-corrected chi connectivity index (χ0v) is 9.81. The van der Waals surface area contributed by atoms with E-state index in [-0.39, 0.29) is 18.5 Å². The zero-order chi connectivity index (χ0) is 12.1. The maximum atomic E-state index is 12.8. The highest BCUT2D eigenvalue weighted by atomic mass is 19.1. The average Bonchev–Trinajstić information content (AvgIpc) is 2.37. The Morgan fingerprint density at radius 1 is 1.35 bits per heavy atom. The highest BCUT2D eigenvalue weighted by Crippen LogP contribution is 2.22. The fraction of sp³-hybridized carbons (Fsp3) is 0.538. The summed E-state index contributed by atoms with van der Waals surface area (Å²) in [5.74, 6) is -0.221. The summed E-state index contributed by atoms with van der Waals surface area (Å²) in [4.78, 5) is 2.27. The van der Waals surface area contributed by atoms with Crippen LogP contribution in [0.15, 0.2) is 24.3 Å². The molecule has 1 aromatic rings. The fourth-order valence-corrected chi connectivity index (χ4v) is 2.08. The van der Waals surface area contributed by atoms with Crippen molar-refractivity contribution < 1.29 is 14.2 Å². The number of benzene rings is 1. The molecule has 1 aliphatic rings. The molecule has 1 aromatic carbocycles. The molecule has 4 heteroatoms. The van der Waals surface area contributed by atoms with Gasteiger partial charge < -0.3 is 9.84 Å². The van der Waals surface area contributed by atoms with Crippen molar-refractivity contribution in [3.8, 4) is 0 Å². The molecule has 1 aliphatic heterocycles. The van der Waals surface area contributed by atoms with E-state index in [1.807, 2.05) is 0 Å². The van der Waals surface area contributed by atoms with Crippen LogP contribution >= 0.6 is 0 Å². The van der Waals surface area contributed by atoms with Gasteiger partial charge in [-0.3, -0.25) is 4.90 Å². The van der Waals surface area contributed by atoms with E-state index >= 15 is 0 Å². The van der Waals surface area contributed by atoms with Crippen molar-refractivity contribution >= 4 is 0 Å². The van der Waals surface area contributed by atoms with Crippen molar-refractivity contribution in [1.82, 2.24) is 4.90 Å². The maximum absolute atomic E-state index is 12.8. The predicted molar refractivity (Wildman–Crippen MR) is 63.2 cm³/mol. The van der Waals surface area contributed by atoms with Gasteiger partial charge in [-0.2, -0.15) is 0 Å². The smallest absolute Gasteiger partial charge is 0.123 e. The van der Waals surface area contributed by atoms with Gasteiger partial charge in [-0.05, 0) is 24.1 Å². The molecular formula is C13H18FNO2. The van der Waals surface area contributed by atoms with Crippen molar-refractivity contribution in [2.45, 2.75) is 12.5 Å². The number of morpholine rings is 1. The first-order valence-electron chi connectivity index (χ1n) is 6.00. The first-order valence-corrected chi connectivity index (χ1v) is 6.00. The lowest BCUT2D eigenvalue weighted by atomic mass is 10.1. The van der Waals surface area contributed by atoms with Crippen molar-refractivity contribution in [1.29, 1.82) is 0 Å². The lowest BCUT2D eigenvalue weighted by Gasteiger charge is -2.33. The Labute approximate surface area is 101 Å². The average molecular weight is 239 g/mol. The van der Waals surface area contributed by atoms with Crippen molar-refractivity contribution in [3.05, 3.63) is 35.6 Å². The number of aliphatic hydroxyl groups excluding tert-OH is 1. The number of aliphatic hydroxyl groups is 1. The van der Waals surface area contributed by atoms with E-state index in [2.05, 4.69) is 4.90 Å². The number of nitrogens with zero attached hydrogens (tertiary/aromatic N) is 1. The first kappa shape index (κ1) is 12.5. The van der Waals surface area contributed by atoms with Crippen LogP contribution in [-0.2, 0) is 4.74 Å². The molecule has 0 bridgehead atoms. The zero-order valence-electron chi connectivity index (χ0n) is 9.81. The van der Waals surface area contributed by atoms with Gasteiger partial charge in [-0.1, -0.05) is 12.1 Å². The van der Waals surface area contributed by atoms with E-state index < -0.39 is 0 Å². The summed E-state index contributed by atoms with van der Waals surface area (Å²) in [7, 11) is 0. The molecule has 94 valence electrons. The van der Waals surface area contributed by atoms with Crippen LogP contribution in [0.2, 0.25) is 0 Å². The molecule has 3 nitrogen and oxygen atoms in total. The normalized spacial score (nSPS) is 21.6. The number of rotatable bonds is 4. The molecule has 0 aliphatic carbocycles. The minimum Gasteiger partial charge on any atom is -0.396 e. The number of ether oxygens (including phenoxy) is 1. The van der Waals surface area contributed by atoms with Gasteiger partial charge in [-0.25, -0.2) is 4.39 Å². The molecule has 0 amide bonds. The Morgan fingerprint density at radius 2 is 2.12 bits per heavy atom. The second kappa shape index (κ2) is 6.10. The fourth-order valence-electron chi connectivity index (χ4n) is 2.08. The van der Waals surface area contributed by atoms with Crippen LogP contribution in [-0.4, -0.2) is 42.9 Å². The maximum Gasteiger partial charge on any atom is 0.123 e. The van der Waals surface area contributed by atoms with Crippen molar-refractivity contribution in [2.75, 3.05) is 32.8 Å². The van der Waals surface area contributed by atoms with Gasteiger partial charge in [0.15, 0.2) is 0 Å². The summed E-state index contributed by atoms with van der Waals surface area (Å²) >= 11 is 0.